The maximum Gasteiger partial charge on any atom is 0.133 e. The van der Waals surface area contributed by atoms with Gasteiger partial charge in [0, 0.05) is 4.83 Å². The summed E-state index contributed by atoms with van der Waals surface area (Å²) in [6.07, 6.45) is 2.38. The highest BCUT2D eigenvalue weighted by Crippen LogP contribution is 2.38. The first-order chi connectivity index (χ1) is 8.13. The van der Waals surface area contributed by atoms with Crippen molar-refractivity contribution < 1.29 is 4.74 Å². The van der Waals surface area contributed by atoms with Gasteiger partial charge in [0.05, 0.1) is 11.1 Å². The minimum atomic E-state index is 0.421. The summed E-state index contributed by atoms with van der Waals surface area (Å²) >= 11 is 7.37. The van der Waals surface area contributed by atoms with E-state index in [1.54, 1.807) is 0 Å². The van der Waals surface area contributed by atoms with E-state index >= 15 is 0 Å². The van der Waals surface area contributed by atoms with Crippen molar-refractivity contribution in [2.75, 3.05) is 6.61 Å². The highest BCUT2D eigenvalue weighted by Gasteiger charge is 2.18. The molecule has 0 saturated carbocycles. The summed E-state index contributed by atoms with van der Waals surface area (Å²) in [6.45, 7) is 7.18. The highest BCUT2D eigenvalue weighted by molar-refractivity contribution is 9.10. The Kier molecular flexibility index (Phi) is 6.57. The molecule has 0 aliphatic rings. The normalized spacial score (nSPS) is 12.8. The van der Waals surface area contributed by atoms with Gasteiger partial charge >= 0.3 is 0 Å². The van der Waals surface area contributed by atoms with Crippen molar-refractivity contribution in [1.82, 2.24) is 0 Å². The molecular formula is C14H20Br2O. The lowest BCUT2D eigenvalue weighted by atomic mass is 9.94. The first kappa shape index (κ1) is 15.0. The van der Waals surface area contributed by atoms with Gasteiger partial charge in [0.25, 0.3) is 0 Å². The van der Waals surface area contributed by atoms with Gasteiger partial charge in [-0.25, -0.2) is 0 Å². The molecule has 0 aromatic heterocycles. The molecule has 17 heavy (non-hydrogen) atoms. The van der Waals surface area contributed by atoms with Crippen LogP contribution in [0.4, 0.5) is 0 Å². The number of benzene rings is 1. The van der Waals surface area contributed by atoms with Crippen molar-refractivity contribution in [2.24, 2.45) is 5.92 Å². The van der Waals surface area contributed by atoms with Crippen LogP contribution in [-0.2, 0) is 0 Å². The molecule has 0 fully saturated rings. The highest BCUT2D eigenvalue weighted by atomic mass is 79.9. The molecule has 0 saturated heterocycles. The van der Waals surface area contributed by atoms with E-state index in [4.69, 9.17) is 4.74 Å². The van der Waals surface area contributed by atoms with Crippen LogP contribution in [0.2, 0.25) is 0 Å². The summed E-state index contributed by atoms with van der Waals surface area (Å²) in [7, 11) is 0. The Hall–Kier alpha value is -0.0200. The van der Waals surface area contributed by atoms with Crippen LogP contribution in [0.15, 0.2) is 22.7 Å². The van der Waals surface area contributed by atoms with E-state index in [1.165, 1.54) is 18.4 Å². The summed E-state index contributed by atoms with van der Waals surface area (Å²) in [4.78, 5) is 0.421. The lowest BCUT2D eigenvalue weighted by Gasteiger charge is -2.20. The van der Waals surface area contributed by atoms with Crippen molar-refractivity contribution in [2.45, 2.75) is 38.4 Å². The van der Waals surface area contributed by atoms with Gasteiger partial charge in [0.2, 0.25) is 0 Å². The second kappa shape index (κ2) is 7.42. The molecule has 1 aromatic rings. The van der Waals surface area contributed by atoms with Gasteiger partial charge in [0.1, 0.15) is 5.75 Å². The van der Waals surface area contributed by atoms with Gasteiger partial charge in [-0.1, -0.05) is 48.7 Å². The van der Waals surface area contributed by atoms with Crippen LogP contribution in [0.25, 0.3) is 0 Å². The van der Waals surface area contributed by atoms with Crippen LogP contribution >= 0.6 is 31.9 Å². The molecule has 0 radical (unpaired) electrons. The summed E-state index contributed by atoms with van der Waals surface area (Å²) in [5.41, 5.74) is 1.31. The van der Waals surface area contributed by atoms with Crippen LogP contribution in [0.5, 0.6) is 5.75 Å². The van der Waals surface area contributed by atoms with Gasteiger partial charge in [-0.3, -0.25) is 0 Å². The number of alkyl halides is 1. The number of hydrogen-bond acceptors (Lipinski definition) is 1. The second-order valence-electron chi connectivity index (χ2n) is 4.10. The third-order valence-corrected chi connectivity index (χ3v) is 4.93. The SMILES string of the molecule is CCOc1ccc(C(Br)C(CC)CC)cc1Br. The van der Waals surface area contributed by atoms with Crippen LogP contribution in [-0.4, -0.2) is 6.61 Å². The molecule has 1 atom stereocenters. The van der Waals surface area contributed by atoms with Crippen LogP contribution in [0.3, 0.4) is 0 Å². The Labute approximate surface area is 121 Å². The van der Waals surface area contributed by atoms with Crippen molar-refractivity contribution >= 4 is 31.9 Å². The zero-order chi connectivity index (χ0) is 12.8. The first-order valence-corrected chi connectivity index (χ1v) is 7.91. The third-order valence-electron chi connectivity index (χ3n) is 3.04. The number of hydrogen-bond donors (Lipinski definition) is 0. The van der Waals surface area contributed by atoms with E-state index in [9.17, 15) is 0 Å². The topological polar surface area (TPSA) is 9.23 Å². The Balaban J connectivity index is 2.88. The smallest absolute Gasteiger partial charge is 0.133 e. The predicted molar refractivity (Wildman–Crippen MR) is 81.1 cm³/mol. The molecule has 0 spiro atoms. The maximum absolute atomic E-state index is 5.52. The molecule has 0 N–H and O–H groups in total. The number of rotatable bonds is 6. The van der Waals surface area contributed by atoms with E-state index in [-0.39, 0.29) is 0 Å². The first-order valence-electron chi connectivity index (χ1n) is 6.20. The molecule has 1 nitrogen and oxygen atoms in total. The summed E-state index contributed by atoms with van der Waals surface area (Å²) in [5.74, 6) is 1.60. The summed E-state index contributed by atoms with van der Waals surface area (Å²) < 4.78 is 6.56. The van der Waals surface area contributed by atoms with Gasteiger partial charge in [0.15, 0.2) is 0 Å². The van der Waals surface area contributed by atoms with Crippen LogP contribution in [0, 0.1) is 5.92 Å². The molecule has 0 heterocycles. The molecule has 0 bridgehead atoms. The Morgan fingerprint density at radius 3 is 2.29 bits per heavy atom. The van der Waals surface area contributed by atoms with Gasteiger partial charge in [-0.15, -0.1) is 0 Å². The van der Waals surface area contributed by atoms with E-state index in [0.717, 1.165) is 10.2 Å². The van der Waals surface area contributed by atoms with Crippen molar-refractivity contribution in [3.63, 3.8) is 0 Å². The molecule has 0 aliphatic heterocycles. The largest absolute Gasteiger partial charge is 0.493 e. The zero-order valence-electron chi connectivity index (χ0n) is 10.7. The van der Waals surface area contributed by atoms with Crippen LogP contribution < -0.4 is 4.74 Å². The maximum atomic E-state index is 5.52. The molecule has 0 amide bonds. The summed E-state index contributed by atoms with van der Waals surface area (Å²) in [6, 6.07) is 6.34. The Bertz CT molecular complexity index is 348. The van der Waals surface area contributed by atoms with E-state index in [2.05, 4.69) is 57.8 Å². The number of halogens is 2. The Morgan fingerprint density at radius 1 is 1.18 bits per heavy atom. The van der Waals surface area contributed by atoms with E-state index < -0.39 is 0 Å². The predicted octanol–water partition coefficient (Wildman–Crippen LogP) is 5.72. The number of ether oxygens (including phenoxy) is 1. The molecular weight excluding hydrogens is 344 g/mol. The van der Waals surface area contributed by atoms with E-state index in [0.29, 0.717) is 17.4 Å². The monoisotopic (exact) mass is 362 g/mol. The van der Waals surface area contributed by atoms with Gasteiger partial charge < -0.3 is 4.74 Å². The third kappa shape index (κ3) is 3.99. The quantitative estimate of drug-likeness (QED) is 0.587. The van der Waals surface area contributed by atoms with Gasteiger partial charge in [-0.05, 0) is 46.5 Å². The van der Waals surface area contributed by atoms with Crippen molar-refractivity contribution in [3.8, 4) is 5.75 Å². The zero-order valence-corrected chi connectivity index (χ0v) is 13.8. The standard InChI is InChI=1S/C14H20Br2O/c1-4-10(5-2)14(16)11-7-8-13(17-6-3)12(15)9-11/h7-10,14H,4-6H2,1-3H3. The molecule has 1 rings (SSSR count). The minimum absolute atomic E-state index is 0.421. The fourth-order valence-corrected chi connectivity index (χ4v) is 3.48. The molecule has 3 heteroatoms. The molecule has 1 aromatic carbocycles. The van der Waals surface area contributed by atoms with Gasteiger partial charge in [-0.2, -0.15) is 0 Å². The fourth-order valence-electron chi connectivity index (χ4n) is 1.94. The average molecular weight is 364 g/mol. The summed E-state index contributed by atoms with van der Waals surface area (Å²) in [5, 5.41) is 0. The molecule has 0 aliphatic carbocycles. The van der Waals surface area contributed by atoms with Crippen molar-refractivity contribution in [1.29, 1.82) is 0 Å². The fraction of sp³-hybridized carbons (Fsp3) is 0.571. The molecule has 1 unspecified atom stereocenters. The second-order valence-corrected chi connectivity index (χ2v) is 5.94. The Morgan fingerprint density at radius 2 is 1.82 bits per heavy atom. The van der Waals surface area contributed by atoms with E-state index in [1.807, 2.05) is 13.0 Å². The van der Waals surface area contributed by atoms with Crippen LogP contribution in [0.1, 0.15) is 44.0 Å². The lowest BCUT2D eigenvalue weighted by Crippen LogP contribution is -2.05. The lowest BCUT2D eigenvalue weighted by molar-refractivity contribution is 0.338. The molecule has 96 valence electrons. The minimum Gasteiger partial charge on any atom is -0.493 e. The van der Waals surface area contributed by atoms with Crippen molar-refractivity contribution in [3.05, 3.63) is 28.2 Å². The average Bonchev–Trinajstić information content (AvgIpc) is 2.33.